The molecule has 2 N–H and O–H groups in total. The number of nitrogens with one attached hydrogen (secondary N) is 1. The van der Waals surface area contributed by atoms with Gasteiger partial charge in [-0.05, 0) is 30.5 Å². The fraction of sp³-hybridized carbons (Fsp3) is 0.294. The molecular formula is C17H21NO. The van der Waals surface area contributed by atoms with Crippen molar-refractivity contribution in [3.8, 4) is 0 Å². The van der Waals surface area contributed by atoms with E-state index in [0.717, 1.165) is 6.54 Å². The molecule has 0 spiro atoms. The molecule has 0 aliphatic rings. The molecule has 0 saturated carbocycles. The number of hydrogen-bond donors (Lipinski definition) is 2. The maximum Gasteiger partial charge on any atom is 0.0626 e. The molecule has 0 amide bonds. The largest absolute Gasteiger partial charge is 0.394 e. The summed E-state index contributed by atoms with van der Waals surface area (Å²) in [5, 5.41) is 13.0. The smallest absolute Gasteiger partial charge is 0.0626 e. The summed E-state index contributed by atoms with van der Waals surface area (Å²) in [6, 6.07) is 16.6. The van der Waals surface area contributed by atoms with E-state index in [1.165, 1.54) is 22.3 Å². The predicted octanol–water partition coefficient (Wildman–Crippen LogP) is 3.13. The van der Waals surface area contributed by atoms with Crippen LogP contribution in [0, 0.1) is 13.8 Å². The van der Waals surface area contributed by atoms with Crippen LogP contribution in [0.5, 0.6) is 0 Å². The summed E-state index contributed by atoms with van der Waals surface area (Å²) in [4.78, 5) is 0. The highest BCUT2D eigenvalue weighted by molar-refractivity contribution is 5.33. The Morgan fingerprint density at radius 3 is 2.42 bits per heavy atom. The van der Waals surface area contributed by atoms with Crippen molar-refractivity contribution in [1.29, 1.82) is 0 Å². The molecule has 19 heavy (non-hydrogen) atoms. The third-order valence-corrected chi connectivity index (χ3v) is 3.38. The Morgan fingerprint density at radius 1 is 1.05 bits per heavy atom. The molecule has 0 aliphatic carbocycles. The highest BCUT2D eigenvalue weighted by Gasteiger charge is 2.12. The first-order valence-electron chi connectivity index (χ1n) is 6.66. The summed E-state index contributed by atoms with van der Waals surface area (Å²) < 4.78 is 0. The van der Waals surface area contributed by atoms with Crippen molar-refractivity contribution < 1.29 is 5.11 Å². The highest BCUT2D eigenvalue weighted by atomic mass is 16.3. The summed E-state index contributed by atoms with van der Waals surface area (Å²) in [7, 11) is 0. The topological polar surface area (TPSA) is 32.3 Å². The van der Waals surface area contributed by atoms with Gasteiger partial charge in [0.25, 0.3) is 0 Å². The zero-order valence-electron chi connectivity index (χ0n) is 11.6. The van der Waals surface area contributed by atoms with E-state index in [2.05, 4.69) is 49.5 Å². The zero-order valence-corrected chi connectivity index (χ0v) is 11.6. The van der Waals surface area contributed by atoms with Crippen LogP contribution in [0.15, 0.2) is 48.5 Å². The van der Waals surface area contributed by atoms with E-state index in [1.54, 1.807) is 0 Å². The fourth-order valence-electron chi connectivity index (χ4n) is 2.33. The van der Waals surface area contributed by atoms with Crippen LogP contribution in [0.25, 0.3) is 0 Å². The normalized spacial score (nSPS) is 12.4. The molecule has 1 unspecified atom stereocenters. The van der Waals surface area contributed by atoms with Crippen LogP contribution in [0.3, 0.4) is 0 Å². The number of aliphatic hydroxyl groups excluding tert-OH is 1. The van der Waals surface area contributed by atoms with Gasteiger partial charge < -0.3 is 10.4 Å². The van der Waals surface area contributed by atoms with Crippen LogP contribution in [0.4, 0.5) is 0 Å². The van der Waals surface area contributed by atoms with Crippen molar-refractivity contribution in [2.75, 3.05) is 6.61 Å². The second-order valence-corrected chi connectivity index (χ2v) is 4.96. The number of rotatable bonds is 5. The van der Waals surface area contributed by atoms with E-state index in [4.69, 9.17) is 0 Å². The third-order valence-electron chi connectivity index (χ3n) is 3.38. The van der Waals surface area contributed by atoms with Gasteiger partial charge in [0.1, 0.15) is 0 Å². The first-order chi connectivity index (χ1) is 9.20. The Morgan fingerprint density at radius 2 is 1.79 bits per heavy atom. The van der Waals surface area contributed by atoms with Crippen LogP contribution in [-0.4, -0.2) is 11.7 Å². The molecule has 0 aromatic heterocycles. The number of hydrogen-bond acceptors (Lipinski definition) is 2. The van der Waals surface area contributed by atoms with Crippen molar-refractivity contribution in [1.82, 2.24) is 5.32 Å². The maximum absolute atomic E-state index is 9.59. The summed E-state index contributed by atoms with van der Waals surface area (Å²) in [5.41, 5.74) is 4.87. The molecule has 0 bridgehead atoms. The first kappa shape index (κ1) is 13.8. The molecule has 2 heteroatoms. The molecule has 0 aliphatic heterocycles. The van der Waals surface area contributed by atoms with E-state index < -0.39 is 0 Å². The SMILES string of the molecule is Cc1ccc(C(CO)NCc2ccccc2)c(C)c1. The zero-order chi connectivity index (χ0) is 13.7. The minimum atomic E-state index is -0.0131. The van der Waals surface area contributed by atoms with Crippen LogP contribution >= 0.6 is 0 Å². The van der Waals surface area contributed by atoms with Crippen LogP contribution in [0.2, 0.25) is 0 Å². The van der Waals surface area contributed by atoms with Gasteiger partial charge in [0.15, 0.2) is 0 Å². The highest BCUT2D eigenvalue weighted by Crippen LogP contribution is 2.19. The molecule has 0 saturated heterocycles. The molecular weight excluding hydrogens is 234 g/mol. The number of benzene rings is 2. The van der Waals surface area contributed by atoms with Gasteiger partial charge in [0, 0.05) is 6.54 Å². The van der Waals surface area contributed by atoms with E-state index in [9.17, 15) is 5.11 Å². The molecule has 2 nitrogen and oxygen atoms in total. The molecule has 100 valence electrons. The Balaban J connectivity index is 2.08. The van der Waals surface area contributed by atoms with Crippen molar-refractivity contribution in [3.05, 3.63) is 70.8 Å². The minimum Gasteiger partial charge on any atom is -0.394 e. The number of aryl methyl sites for hydroxylation is 2. The molecule has 2 rings (SSSR count). The van der Waals surface area contributed by atoms with Crippen LogP contribution in [-0.2, 0) is 6.54 Å². The van der Waals surface area contributed by atoms with Crippen molar-refractivity contribution in [2.24, 2.45) is 0 Å². The predicted molar refractivity (Wildman–Crippen MR) is 79.0 cm³/mol. The Bertz CT molecular complexity index is 522. The average Bonchev–Trinajstić information content (AvgIpc) is 2.42. The van der Waals surface area contributed by atoms with Crippen LogP contribution in [0.1, 0.15) is 28.3 Å². The van der Waals surface area contributed by atoms with Gasteiger partial charge in [-0.15, -0.1) is 0 Å². The standard InChI is InChI=1S/C17H21NO/c1-13-8-9-16(14(2)10-13)17(12-19)18-11-15-6-4-3-5-7-15/h3-10,17-19H,11-12H2,1-2H3. The lowest BCUT2D eigenvalue weighted by atomic mass is 9.99. The maximum atomic E-state index is 9.59. The Hall–Kier alpha value is -1.64. The Kier molecular flexibility index (Phi) is 4.72. The van der Waals surface area contributed by atoms with Crippen molar-refractivity contribution in [2.45, 2.75) is 26.4 Å². The van der Waals surface area contributed by atoms with Crippen LogP contribution < -0.4 is 5.32 Å². The van der Waals surface area contributed by atoms with Gasteiger partial charge in [0.05, 0.1) is 12.6 Å². The van der Waals surface area contributed by atoms with Gasteiger partial charge in [-0.1, -0.05) is 54.1 Å². The first-order valence-corrected chi connectivity index (χ1v) is 6.66. The second-order valence-electron chi connectivity index (χ2n) is 4.96. The van der Waals surface area contributed by atoms with Gasteiger partial charge in [-0.2, -0.15) is 0 Å². The molecule has 2 aromatic carbocycles. The quantitative estimate of drug-likeness (QED) is 0.860. The lowest BCUT2D eigenvalue weighted by Gasteiger charge is -2.19. The summed E-state index contributed by atoms with van der Waals surface area (Å²) in [5.74, 6) is 0. The molecule has 1 atom stereocenters. The third kappa shape index (κ3) is 3.66. The van der Waals surface area contributed by atoms with Gasteiger partial charge in [0.2, 0.25) is 0 Å². The summed E-state index contributed by atoms with van der Waals surface area (Å²) in [6.07, 6.45) is 0. The molecule has 2 aromatic rings. The average molecular weight is 255 g/mol. The molecule has 0 heterocycles. The molecule has 0 fully saturated rings. The van der Waals surface area contributed by atoms with E-state index in [1.807, 2.05) is 18.2 Å². The second kappa shape index (κ2) is 6.50. The van der Waals surface area contributed by atoms with E-state index >= 15 is 0 Å². The Labute approximate surface area is 115 Å². The summed E-state index contributed by atoms with van der Waals surface area (Å²) >= 11 is 0. The lowest BCUT2D eigenvalue weighted by molar-refractivity contribution is 0.243. The van der Waals surface area contributed by atoms with Crippen molar-refractivity contribution >= 4 is 0 Å². The van der Waals surface area contributed by atoms with E-state index in [-0.39, 0.29) is 12.6 Å². The lowest BCUT2D eigenvalue weighted by Crippen LogP contribution is -2.24. The van der Waals surface area contributed by atoms with Crippen molar-refractivity contribution in [3.63, 3.8) is 0 Å². The molecule has 0 radical (unpaired) electrons. The van der Waals surface area contributed by atoms with Gasteiger partial charge >= 0.3 is 0 Å². The summed E-state index contributed by atoms with van der Waals surface area (Å²) in [6.45, 7) is 5.05. The number of aliphatic hydroxyl groups is 1. The van der Waals surface area contributed by atoms with Gasteiger partial charge in [-0.3, -0.25) is 0 Å². The van der Waals surface area contributed by atoms with E-state index in [0.29, 0.717) is 0 Å². The van der Waals surface area contributed by atoms with Gasteiger partial charge in [-0.25, -0.2) is 0 Å². The monoisotopic (exact) mass is 255 g/mol. The fourth-order valence-corrected chi connectivity index (χ4v) is 2.33. The minimum absolute atomic E-state index is 0.0131.